The van der Waals surface area contributed by atoms with Gasteiger partial charge < -0.3 is 9.72 Å². The molecule has 0 radical (unpaired) electrons. The van der Waals surface area contributed by atoms with E-state index in [0.717, 1.165) is 22.6 Å². The number of ether oxygens (including phenoxy) is 1. The molecule has 1 aromatic heterocycles. The average Bonchev–Trinajstić information content (AvgIpc) is 2.89. The minimum atomic E-state index is -0.0576. The van der Waals surface area contributed by atoms with Gasteiger partial charge in [0, 0.05) is 29.8 Å². The van der Waals surface area contributed by atoms with Crippen LogP contribution in [0.1, 0.15) is 12.7 Å². The van der Waals surface area contributed by atoms with Gasteiger partial charge in [-0.3, -0.25) is 9.79 Å². The number of fused-ring (bicyclic) bond motifs is 1. The molecule has 2 aromatic rings. The number of nitrogens with one attached hydrogen (secondary N) is 1. The summed E-state index contributed by atoms with van der Waals surface area (Å²) in [6.07, 6.45) is 2.03. The van der Waals surface area contributed by atoms with E-state index in [9.17, 15) is 4.79 Å². The van der Waals surface area contributed by atoms with Gasteiger partial charge in [-0.25, -0.2) is 4.98 Å². The van der Waals surface area contributed by atoms with E-state index in [1.165, 1.54) is 0 Å². The molecule has 21 heavy (non-hydrogen) atoms. The summed E-state index contributed by atoms with van der Waals surface area (Å²) in [7, 11) is 1.62. The quantitative estimate of drug-likeness (QED) is 0.879. The van der Waals surface area contributed by atoms with E-state index in [4.69, 9.17) is 4.74 Å². The second kappa shape index (κ2) is 5.01. The van der Waals surface area contributed by atoms with Crippen LogP contribution >= 0.6 is 0 Å². The fourth-order valence-electron chi connectivity index (χ4n) is 2.24. The molecule has 0 amide bonds. The maximum absolute atomic E-state index is 11.9. The van der Waals surface area contributed by atoms with E-state index >= 15 is 0 Å². The van der Waals surface area contributed by atoms with Crippen molar-refractivity contribution in [1.82, 2.24) is 9.97 Å². The van der Waals surface area contributed by atoms with Gasteiger partial charge >= 0.3 is 0 Å². The highest BCUT2D eigenvalue weighted by Crippen LogP contribution is 2.20. The first kappa shape index (κ1) is 13.3. The van der Waals surface area contributed by atoms with E-state index in [-0.39, 0.29) is 5.78 Å². The molecule has 1 N–H and O–H groups in total. The van der Waals surface area contributed by atoms with Crippen LogP contribution in [-0.4, -0.2) is 28.6 Å². The van der Waals surface area contributed by atoms with Gasteiger partial charge in [-0.05, 0) is 19.1 Å². The summed E-state index contributed by atoms with van der Waals surface area (Å²) in [6, 6.07) is 5.64. The Balaban J connectivity index is 1.92. The second-order valence-electron chi connectivity index (χ2n) is 4.94. The molecule has 0 unspecified atom stereocenters. The highest BCUT2D eigenvalue weighted by Gasteiger charge is 2.20. The third-order valence-electron chi connectivity index (χ3n) is 3.47. The first-order valence-electron chi connectivity index (χ1n) is 6.58. The maximum Gasteiger partial charge on any atom is 0.191 e. The monoisotopic (exact) mass is 281 g/mol. The van der Waals surface area contributed by atoms with Crippen LogP contribution in [0.25, 0.3) is 11.0 Å². The van der Waals surface area contributed by atoms with Crippen molar-refractivity contribution >= 4 is 22.5 Å². The van der Waals surface area contributed by atoms with Gasteiger partial charge in [-0.15, -0.1) is 0 Å². The molecule has 0 atom stereocenters. The number of allylic oxidation sites excluding steroid dienone is 2. The molecule has 0 saturated carbocycles. The second-order valence-corrected chi connectivity index (χ2v) is 4.94. The number of benzene rings is 1. The molecular weight excluding hydrogens is 266 g/mol. The Hall–Kier alpha value is -2.69. The molecule has 0 aliphatic carbocycles. The summed E-state index contributed by atoms with van der Waals surface area (Å²) in [5, 5.41) is 0. The molecule has 3 rings (SSSR count). The highest BCUT2D eigenvalue weighted by molar-refractivity contribution is 6.29. The zero-order valence-electron chi connectivity index (χ0n) is 11.9. The number of carbonyl (C=O) groups is 1. The predicted molar refractivity (Wildman–Crippen MR) is 81.7 cm³/mol. The Morgan fingerprint density at radius 2 is 2.19 bits per heavy atom. The molecule has 5 nitrogen and oxygen atoms in total. The van der Waals surface area contributed by atoms with Crippen molar-refractivity contribution in [3.8, 4) is 5.75 Å². The third-order valence-corrected chi connectivity index (χ3v) is 3.47. The number of Topliss-reactive ketones (excluding diaryl/α,β-unsaturated/α-hetero) is 1. The van der Waals surface area contributed by atoms with Crippen molar-refractivity contribution < 1.29 is 9.53 Å². The van der Waals surface area contributed by atoms with Crippen molar-refractivity contribution in [2.45, 2.75) is 13.3 Å². The largest absolute Gasteiger partial charge is 0.497 e. The fraction of sp³-hybridized carbons (Fsp3) is 0.188. The molecule has 1 aliphatic rings. The summed E-state index contributed by atoms with van der Waals surface area (Å²) in [5.74, 6) is 1.46. The summed E-state index contributed by atoms with van der Waals surface area (Å²) >= 11 is 0. The molecular formula is C16H15N3O2. The van der Waals surface area contributed by atoms with Crippen LogP contribution in [0, 0.1) is 0 Å². The van der Waals surface area contributed by atoms with E-state index in [2.05, 4.69) is 21.5 Å². The van der Waals surface area contributed by atoms with Crippen LogP contribution in [0.5, 0.6) is 5.75 Å². The number of hydrogen-bond donors (Lipinski definition) is 1. The number of imidazole rings is 1. The molecule has 1 aliphatic heterocycles. The molecule has 1 aromatic carbocycles. The zero-order valence-corrected chi connectivity index (χ0v) is 11.9. The maximum atomic E-state index is 11.9. The molecule has 0 bridgehead atoms. The van der Waals surface area contributed by atoms with Crippen LogP contribution in [0.4, 0.5) is 0 Å². The lowest BCUT2D eigenvalue weighted by Gasteiger charge is -2.11. The van der Waals surface area contributed by atoms with Gasteiger partial charge in [0.1, 0.15) is 11.6 Å². The summed E-state index contributed by atoms with van der Waals surface area (Å²) < 4.78 is 5.19. The Morgan fingerprint density at radius 1 is 1.38 bits per heavy atom. The first-order chi connectivity index (χ1) is 10.1. The van der Waals surface area contributed by atoms with E-state index in [0.29, 0.717) is 23.3 Å². The Labute approximate surface area is 122 Å². The van der Waals surface area contributed by atoms with Crippen molar-refractivity contribution in [3.63, 3.8) is 0 Å². The van der Waals surface area contributed by atoms with Crippen molar-refractivity contribution in [2.24, 2.45) is 4.99 Å². The van der Waals surface area contributed by atoms with Gasteiger partial charge in [0.25, 0.3) is 0 Å². The number of methoxy groups -OCH3 is 1. The van der Waals surface area contributed by atoms with Gasteiger partial charge in [0.15, 0.2) is 5.78 Å². The number of aliphatic imine (C=N–C) groups is 1. The lowest BCUT2D eigenvalue weighted by Crippen LogP contribution is -2.18. The lowest BCUT2D eigenvalue weighted by molar-refractivity contribution is -0.111. The number of ketones is 1. The van der Waals surface area contributed by atoms with Crippen molar-refractivity contribution in [2.75, 3.05) is 7.11 Å². The topological polar surface area (TPSA) is 67.3 Å². The van der Waals surface area contributed by atoms with E-state index < -0.39 is 0 Å². The lowest BCUT2D eigenvalue weighted by atomic mass is 9.98. The molecule has 106 valence electrons. The normalized spacial score (nSPS) is 15.1. The standard InChI is InChI=1S/C16H15N3O2/c1-9-8-17-13(10(2)16(9)20)7-15-18-12-5-4-11(21-3)6-14(12)19-15/h4-6,8H,2,7H2,1,3H3,(H,18,19). The van der Waals surface area contributed by atoms with Crippen LogP contribution in [0.15, 0.2) is 47.1 Å². The van der Waals surface area contributed by atoms with E-state index in [1.54, 1.807) is 20.2 Å². The van der Waals surface area contributed by atoms with Crippen LogP contribution in [-0.2, 0) is 11.2 Å². The number of nitrogens with zero attached hydrogens (tertiary/aromatic N) is 2. The summed E-state index contributed by atoms with van der Waals surface area (Å²) in [5.41, 5.74) is 3.44. The van der Waals surface area contributed by atoms with Crippen LogP contribution < -0.4 is 4.74 Å². The third kappa shape index (κ3) is 2.38. The predicted octanol–water partition coefficient (Wildman–Crippen LogP) is 2.60. The number of H-pyrrole nitrogens is 1. The number of hydrogen-bond acceptors (Lipinski definition) is 4. The minimum absolute atomic E-state index is 0.0576. The molecule has 0 fully saturated rings. The smallest absolute Gasteiger partial charge is 0.191 e. The SMILES string of the molecule is C=C1C(=O)C(C)=CN=C1Cc1nc2ccc(OC)cc2[nH]1. The van der Waals surface area contributed by atoms with Crippen molar-refractivity contribution in [1.29, 1.82) is 0 Å². The molecule has 0 saturated heterocycles. The fourth-order valence-corrected chi connectivity index (χ4v) is 2.24. The minimum Gasteiger partial charge on any atom is -0.497 e. The summed E-state index contributed by atoms with van der Waals surface area (Å²) in [6.45, 7) is 5.56. The zero-order chi connectivity index (χ0) is 15.0. The summed E-state index contributed by atoms with van der Waals surface area (Å²) in [4.78, 5) is 23.9. The number of rotatable bonds is 3. The van der Waals surface area contributed by atoms with Crippen LogP contribution in [0.3, 0.4) is 0 Å². The molecule has 5 heteroatoms. The van der Waals surface area contributed by atoms with Crippen molar-refractivity contribution in [3.05, 3.63) is 47.9 Å². The first-order valence-corrected chi connectivity index (χ1v) is 6.58. The van der Waals surface area contributed by atoms with Gasteiger partial charge in [0.2, 0.25) is 0 Å². The van der Waals surface area contributed by atoms with Gasteiger partial charge in [-0.1, -0.05) is 6.58 Å². The number of aromatic amines is 1. The van der Waals surface area contributed by atoms with Crippen LogP contribution in [0.2, 0.25) is 0 Å². The van der Waals surface area contributed by atoms with Gasteiger partial charge in [0.05, 0.1) is 23.9 Å². The Morgan fingerprint density at radius 3 is 2.95 bits per heavy atom. The van der Waals surface area contributed by atoms with E-state index in [1.807, 2.05) is 18.2 Å². The molecule has 0 spiro atoms. The number of aromatic nitrogens is 2. The van der Waals surface area contributed by atoms with Gasteiger partial charge in [-0.2, -0.15) is 0 Å². The average molecular weight is 281 g/mol. The number of carbonyl (C=O) groups excluding carboxylic acids is 1. The Bertz CT molecular complexity index is 812. The molecule has 2 heterocycles. The highest BCUT2D eigenvalue weighted by atomic mass is 16.5. The Kier molecular flexibility index (Phi) is 3.17.